The van der Waals surface area contributed by atoms with Crippen molar-refractivity contribution < 1.29 is 18.7 Å². The molecule has 0 bridgehead atoms. The smallest absolute Gasteiger partial charge is 0.339 e. The van der Waals surface area contributed by atoms with E-state index in [1.165, 1.54) is 19.3 Å². The number of para-hydroxylation sites is 1. The number of halogens is 1. The normalized spacial score (nSPS) is 10.9. The number of rotatable bonds is 5. The van der Waals surface area contributed by atoms with Crippen LogP contribution in [0.2, 0.25) is 0 Å². The lowest BCUT2D eigenvalue weighted by molar-refractivity contribution is -0.112. The highest BCUT2D eigenvalue weighted by Gasteiger charge is 2.16. The molecule has 144 valence electrons. The van der Waals surface area contributed by atoms with Crippen molar-refractivity contribution in [3.63, 3.8) is 0 Å². The molecular weight excluding hydrogens is 436 g/mol. The predicted molar refractivity (Wildman–Crippen MR) is 112 cm³/mol. The molecule has 0 spiro atoms. The number of hydrogen-bond acceptors (Lipinski definition) is 5. The summed E-state index contributed by atoms with van der Waals surface area (Å²) in [7, 11) is 1.25. The SMILES string of the molecule is COC(=O)c1ccccc1NC(=O)/C(C#N)=C/c1ccc(-c2ccc(Br)cc2)o1. The average Bonchev–Trinajstić information content (AvgIpc) is 3.21. The monoisotopic (exact) mass is 450 g/mol. The summed E-state index contributed by atoms with van der Waals surface area (Å²) in [5, 5.41) is 12.0. The fourth-order valence-electron chi connectivity index (χ4n) is 2.56. The van der Waals surface area contributed by atoms with E-state index in [0.717, 1.165) is 10.0 Å². The molecular formula is C22H15BrN2O4. The van der Waals surface area contributed by atoms with Crippen molar-refractivity contribution >= 4 is 39.6 Å². The summed E-state index contributed by atoms with van der Waals surface area (Å²) in [6.45, 7) is 0. The number of nitriles is 1. The van der Waals surface area contributed by atoms with Gasteiger partial charge in [0.25, 0.3) is 5.91 Å². The van der Waals surface area contributed by atoms with Gasteiger partial charge in [-0.2, -0.15) is 5.26 Å². The van der Waals surface area contributed by atoms with Crippen LogP contribution in [0.3, 0.4) is 0 Å². The number of esters is 1. The van der Waals surface area contributed by atoms with Gasteiger partial charge in [-0.15, -0.1) is 0 Å². The van der Waals surface area contributed by atoms with Gasteiger partial charge in [-0.3, -0.25) is 4.79 Å². The van der Waals surface area contributed by atoms with Crippen LogP contribution >= 0.6 is 15.9 Å². The number of hydrogen-bond donors (Lipinski definition) is 1. The van der Waals surface area contributed by atoms with E-state index in [2.05, 4.69) is 21.2 Å². The Morgan fingerprint density at radius 3 is 2.52 bits per heavy atom. The van der Waals surface area contributed by atoms with E-state index < -0.39 is 11.9 Å². The Morgan fingerprint density at radius 1 is 1.10 bits per heavy atom. The fraction of sp³-hybridized carbons (Fsp3) is 0.0455. The first kappa shape index (κ1) is 20.1. The summed E-state index contributed by atoms with van der Waals surface area (Å²) in [4.78, 5) is 24.4. The zero-order valence-electron chi connectivity index (χ0n) is 15.3. The molecule has 0 aliphatic heterocycles. The lowest BCUT2D eigenvalue weighted by atomic mass is 10.1. The number of nitrogens with zero attached hydrogens (tertiary/aromatic N) is 1. The topological polar surface area (TPSA) is 92.3 Å². The van der Waals surface area contributed by atoms with Crippen molar-refractivity contribution in [1.29, 1.82) is 5.26 Å². The first-order valence-corrected chi connectivity index (χ1v) is 9.27. The number of anilines is 1. The molecule has 1 aromatic heterocycles. The highest BCUT2D eigenvalue weighted by atomic mass is 79.9. The van der Waals surface area contributed by atoms with Crippen LogP contribution in [0.25, 0.3) is 17.4 Å². The zero-order valence-corrected chi connectivity index (χ0v) is 16.9. The largest absolute Gasteiger partial charge is 0.465 e. The van der Waals surface area contributed by atoms with Gasteiger partial charge in [0, 0.05) is 16.1 Å². The van der Waals surface area contributed by atoms with E-state index >= 15 is 0 Å². The third kappa shape index (κ3) is 4.81. The predicted octanol–water partition coefficient (Wildman–Crippen LogP) is 5.04. The third-order valence-corrected chi connectivity index (χ3v) is 4.52. The summed E-state index contributed by atoms with van der Waals surface area (Å²) in [6, 6.07) is 19.2. The Morgan fingerprint density at radius 2 is 1.83 bits per heavy atom. The Kier molecular flexibility index (Phi) is 6.27. The minimum Gasteiger partial charge on any atom is -0.465 e. The maximum atomic E-state index is 12.5. The van der Waals surface area contributed by atoms with E-state index in [0.29, 0.717) is 11.5 Å². The molecule has 2 aromatic carbocycles. The Balaban J connectivity index is 1.82. The average molecular weight is 451 g/mol. The van der Waals surface area contributed by atoms with E-state index in [-0.39, 0.29) is 16.8 Å². The second-order valence-corrected chi connectivity index (χ2v) is 6.79. The quantitative estimate of drug-likeness (QED) is 0.333. The Bertz CT molecular complexity index is 1120. The van der Waals surface area contributed by atoms with E-state index in [1.807, 2.05) is 30.3 Å². The van der Waals surface area contributed by atoms with Crippen LogP contribution in [0.15, 0.2) is 75.1 Å². The van der Waals surface area contributed by atoms with E-state index in [9.17, 15) is 14.9 Å². The molecule has 1 heterocycles. The van der Waals surface area contributed by atoms with Crippen LogP contribution in [0.4, 0.5) is 5.69 Å². The number of furan rings is 1. The van der Waals surface area contributed by atoms with Crippen LogP contribution in [0.5, 0.6) is 0 Å². The number of ether oxygens (including phenoxy) is 1. The second-order valence-electron chi connectivity index (χ2n) is 5.87. The van der Waals surface area contributed by atoms with Crippen molar-refractivity contribution in [1.82, 2.24) is 0 Å². The van der Waals surface area contributed by atoms with Gasteiger partial charge in [-0.25, -0.2) is 4.79 Å². The molecule has 29 heavy (non-hydrogen) atoms. The summed E-state index contributed by atoms with van der Waals surface area (Å²) < 4.78 is 11.4. The molecule has 0 fully saturated rings. The highest BCUT2D eigenvalue weighted by Crippen LogP contribution is 2.25. The van der Waals surface area contributed by atoms with Gasteiger partial charge in [0.1, 0.15) is 23.2 Å². The third-order valence-electron chi connectivity index (χ3n) is 3.99. The molecule has 3 aromatic rings. The van der Waals surface area contributed by atoms with Gasteiger partial charge in [-0.1, -0.05) is 40.2 Å². The number of amides is 1. The van der Waals surface area contributed by atoms with Crippen LogP contribution in [-0.4, -0.2) is 19.0 Å². The molecule has 3 rings (SSSR count). The van der Waals surface area contributed by atoms with E-state index in [1.54, 1.807) is 30.3 Å². The van der Waals surface area contributed by atoms with Crippen LogP contribution in [0.1, 0.15) is 16.1 Å². The lowest BCUT2D eigenvalue weighted by Gasteiger charge is -2.08. The van der Waals surface area contributed by atoms with E-state index in [4.69, 9.17) is 9.15 Å². The van der Waals surface area contributed by atoms with Crippen LogP contribution in [-0.2, 0) is 9.53 Å². The van der Waals surface area contributed by atoms with Crippen molar-refractivity contribution in [2.45, 2.75) is 0 Å². The Hall–Kier alpha value is -3.63. The highest BCUT2D eigenvalue weighted by molar-refractivity contribution is 9.10. The van der Waals surface area contributed by atoms with Crippen molar-refractivity contribution in [2.75, 3.05) is 12.4 Å². The summed E-state index contributed by atoms with van der Waals surface area (Å²) in [5.41, 5.74) is 1.14. The number of methoxy groups -OCH3 is 1. The molecule has 7 heteroatoms. The van der Waals surface area contributed by atoms with Gasteiger partial charge >= 0.3 is 5.97 Å². The molecule has 0 saturated heterocycles. The second kappa shape index (κ2) is 9.04. The van der Waals surface area contributed by atoms with Crippen molar-refractivity contribution in [3.05, 3.63) is 82.0 Å². The number of nitrogens with one attached hydrogen (secondary N) is 1. The van der Waals surface area contributed by atoms with Crippen molar-refractivity contribution in [2.24, 2.45) is 0 Å². The standard InChI is InChI=1S/C22H15BrN2O4/c1-28-22(27)18-4-2-3-5-19(18)25-21(26)15(13-24)12-17-10-11-20(29-17)14-6-8-16(23)9-7-14/h2-12H,1H3,(H,25,26)/b15-12+. The molecule has 0 saturated carbocycles. The molecule has 6 nitrogen and oxygen atoms in total. The summed E-state index contributed by atoms with van der Waals surface area (Å²) in [6.07, 6.45) is 1.35. The summed E-state index contributed by atoms with van der Waals surface area (Å²) in [5.74, 6) is -0.285. The van der Waals surface area contributed by atoms with Gasteiger partial charge in [0.15, 0.2) is 0 Å². The number of carbonyl (C=O) groups is 2. The molecule has 0 aliphatic rings. The van der Waals surface area contributed by atoms with Crippen LogP contribution < -0.4 is 5.32 Å². The van der Waals surface area contributed by atoms with Gasteiger partial charge in [-0.05, 0) is 36.4 Å². The molecule has 0 radical (unpaired) electrons. The zero-order chi connectivity index (χ0) is 20.8. The minimum absolute atomic E-state index is 0.165. The molecule has 0 unspecified atom stereocenters. The molecule has 1 N–H and O–H groups in total. The molecule has 0 aliphatic carbocycles. The molecule has 0 atom stereocenters. The van der Waals surface area contributed by atoms with Crippen molar-refractivity contribution in [3.8, 4) is 17.4 Å². The lowest BCUT2D eigenvalue weighted by Crippen LogP contribution is -2.16. The first-order chi connectivity index (χ1) is 14.0. The maximum Gasteiger partial charge on any atom is 0.339 e. The molecule has 1 amide bonds. The number of benzene rings is 2. The maximum absolute atomic E-state index is 12.5. The van der Waals surface area contributed by atoms with Gasteiger partial charge < -0.3 is 14.5 Å². The fourth-order valence-corrected chi connectivity index (χ4v) is 2.82. The van der Waals surface area contributed by atoms with Gasteiger partial charge in [0.2, 0.25) is 0 Å². The minimum atomic E-state index is -0.662. The van der Waals surface area contributed by atoms with Gasteiger partial charge in [0.05, 0.1) is 18.4 Å². The number of carbonyl (C=O) groups excluding carboxylic acids is 2. The van der Waals surface area contributed by atoms with Crippen LogP contribution in [0, 0.1) is 11.3 Å². The summed E-state index contributed by atoms with van der Waals surface area (Å²) >= 11 is 3.38. The Labute approximate surface area is 175 Å². The first-order valence-electron chi connectivity index (χ1n) is 8.48.